The molecule has 0 aliphatic rings. The molecule has 0 spiro atoms. The van der Waals surface area contributed by atoms with Gasteiger partial charge in [-0.15, -0.1) is 5.10 Å². The zero-order chi connectivity index (χ0) is 13.8. The second-order valence-corrected chi connectivity index (χ2v) is 6.05. The van der Waals surface area contributed by atoms with Crippen molar-refractivity contribution in [1.82, 2.24) is 14.9 Å². The van der Waals surface area contributed by atoms with Gasteiger partial charge in [-0.3, -0.25) is 0 Å². The number of hydrogen-bond acceptors (Lipinski definition) is 4. The zero-order valence-electron chi connectivity index (χ0n) is 12.5. The summed E-state index contributed by atoms with van der Waals surface area (Å²) >= 11 is 1.53. The van der Waals surface area contributed by atoms with Crippen LogP contribution in [0, 0.1) is 0 Å². The largest absolute Gasteiger partial charge is 0.309 e. The molecule has 1 unspecified atom stereocenters. The minimum atomic E-state index is 0.468. The van der Waals surface area contributed by atoms with Crippen LogP contribution in [0.3, 0.4) is 0 Å². The third-order valence-electron chi connectivity index (χ3n) is 3.46. The third-order valence-corrected chi connectivity index (χ3v) is 4.24. The molecule has 0 saturated heterocycles. The van der Waals surface area contributed by atoms with Crippen molar-refractivity contribution in [2.45, 2.75) is 77.7 Å². The van der Waals surface area contributed by atoms with Gasteiger partial charge in [0.1, 0.15) is 0 Å². The lowest BCUT2D eigenvalue weighted by Gasteiger charge is -2.16. The Kier molecular flexibility index (Phi) is 9.91. The SMILES string of the molecule is CCCCCCCCCC(NCCC)c1cnns1. The van der Waals surface area contributed by atoms with Crippen molar-refractivity contribution in [3.8, 4) is 0 Å². The van der Waals surface area contributed by atoms with Crippen molar-refractivity contribution >= 4 is 11.5 Å². The lowest BCUT2D eigenvalue weighted by molar-refractivity contribution is 0.470. The molecule has 0 fully saturated rings. The second kappa shape index (κ2) is 11.4. The molecule has 110 valence electrons. The van der Waals surface area contributed by atoms with Gasteiger partial charge >= 0.3 is 0 Å². The quantitative estimate of drug-likeness (QED) is 0.564. The molecule has 0 aliphatic carbocycles. The predicted molar refractivity (Wildman–Crippen MR) is 83.6 cm³/mol. The first-order valence-corrected chi connectivity index (χ1v) is 8.66. The van der Waals surface area contributed by atoms with Gasteiger partial charge in [0.15, 0.2) is 0 Å². The topological polar surface area (TPSA) is 37.8 Å². The second-order valence-electron chi connectivity index (χ2n) is 5.24. The van der Waals surface area contributed by atoms with Gasteiger partial charge in [0, 0.05) is 6.04 Å². The molecule has 0 amide bonds. The number of nitrogens with one attached hydrogen (secondary N) is 1. The van der Waals surface area contributed by atoms with Gasteiger partial charge in [-0.05, 0) is 30.9 Å². The standard InChI is InChI=1S/C15H29N3S/c1-3-5-6-7-8-9-10-11-14(16-12-4-2)15-13-17-18-19-15/h13-14,16H,3-12H2,1-2H3. The van der Waals surface area contributed by atoms with E-state index in [2.05, 4.69) is 28.8 Å². The van der Waals surface area contributed by atoms with E-state index >= 15 is 0 Å². The molecule has 1 heterocycles. The Morgan fingerprint density at radius 2 is 1.79 bits per heavy atom. The summed E-state index contributed by atoms with van der Waals surface area (Å²) in [6.45, 7) is 5.56. The Balaban J connectivity index is 2.15. The molecule has 1 aromatic heterocycles. The maximum atomic E-state index is 3.98. The normalized spacial score (nSPS) is 12.7. The molecule has 1 N–H and O–H groups in total. The summed E-state index contributed by atoms with van der Waals surface area (Å²) in [5.74, 6) is 0. The lowest BCUT2D eigenvalue weighted by Crippen LogP contribution is -2.21. The molecular weight excluding hydrogens is 254 g/mol. The average molecular weight is 283 g/mol. The van der Waals surface area contributed by atoms with Gasteiger partial charge in [0.25, 0.3) is 0 Å². The molecule has 0 bridgehead atoms. The van der Waals surface area contributed by atoms with Gasteiger partial charge in [-0.2, -0.15) is 0 Å². The molecule has 0 radical (unpaired) electrons. The van der Waals surface area contributed by atoms with Crippen molar-refractivity contribution < 1.29 is 0 Å². The summed E-state index contributed by atoms with van der Waals surface area (Å²) in [6.07, 6.45) is 13.9. The summed E-state index contributed by atoms with van der Waals surface area (Å²) in [7, 11) is 0. The molecule has 1 atom stereocenters. The summed E-state index contributed by atoms with van der Waals surface area (Å²) in [6, 6.07) is 0.468. The van der Waals surface area contributed by atoms with Crippen molar-refractivity contribution in [3.63, 3.8) is 0 Å². The molecule has 0 aromatic carbocycles. The van der Waals surface area contributed by atoms with Crippen LogP contribution < -0.4 is 5.32 Å². The Bertz CT molecular complexity index is 288. The highest BCUT2D eigenvalue weighted by Crippen LogP contribution is 2.22. The minimum absolute atomic E-state index is 0.468. The Hall–Kier alpha value is -0.480. The predicted octanol–water partition coefficient (Wildman–Crippen LogP) is 4.72. The summed E-state index contributed by atoms with van der Waals surface area (Å²) in [4.78, 5) is 1.29. The first-order chi connectivity index (χ1) is 9.38. The Morgan fingerprint density at radius 1 is 1.05 bits per heavy atom. The number of hydrogen-bond donors (Lipinski definition) is 1. The minimum Gasteiger partial charge on any atom is -0.309 e. The monoisotopic (exact) mass is 283 g/mol. The highest BCUT2D eigenvalue weighted by Gasteiger charge is 2.12. The summed E-state index contributed by atoms with van der Waals surface area (Å²) in [5, 5.41) is 7.57. The van der Waals surface area contributed by atoms with Crippen LogP contribution in [0.1, 0.15) is 82.6 Å². The molecule has 1 aromatic rings. The molecule has 0 aliphatic heterocycles. The van der Waals surface area contributed by atoms with Crippen LogP contribution in [0.15, 0.2) is 6.20 Å². The smallest absolute Gasteiger partial charge is 0.0669 e. The summed E-state index contributed by atoms with van der Waals surface area (Å²) in [5.41, 5.74) is 0. The highest BCUT2D eigenvalue weighted by molar-refractivity contribution is 7.05. The van der Waals surface area contributed by atoms with Crippen molar-refractivity contribution in [1.29, 1.82) is 0 Å². The van der Waals surface area contributed by atoms with Crippen LogP contribution in [0.2, 0.25) is 0 Å². The molecule has 4 heteroatoms. The van der Waals surface area contributed by atoms with Crippen LogP contribution in [0.25, 0.3) is 0 Å². The maximum absolute atomic E-state index is 3.98. The van der Waals surface area contributed by atoms with Gasteiger partial charge in [-0.1, -0.05) is 63.3 Å². The Morgan fingerprint density at radius 3 is 2.42 bits per heavy atom. The van der Waals surface area contributed by atoms with Crippen molar-refractivity contribution in [2.24, 2.45) is 0 Å². The lowest BCUT2D eigenvalue weighted by atomic mass is 10.0. The van der Waals surface area contributed by atoms with E-state index in [1.165, 1.54) is 74.2 Å². The van der Waals surface area contributed by atoms with E-state index < -0.39 is 0 Å². The van der Waals surface area contributed by atoms with E-state index in [4.69, 9.17) is 0 Å². The Labute approximate surface area is 122 Å². The summed E-state index contributed by atoms with van der Waals surface area (Å²) < 4.78 is 3.98. The van der Waals surface area contributed by atoms with E-state index in [0.29, 0.717) is 6.04 Å². The number of unbranched alkanes of at least 4 members (excludes halogenated alkanes) is 6. The van der Waals surface area contributed by atoms with Gasteiger partial charge in [-0.25, -0.2) is 0 Å². The number of nitrogens with zero attached hydrogens (tertiary/aromatic N) is 2. The fourth-order valence-electron chi connectivity index (χ4n) is 2.30. The number of aromatic nitrogens is 2. The van der Waals surface area contributed by atoms with E-state index in [9.17, 15) is 0 Å². The van der Waals surface area contributed by atoms with Gasteiger partial charge in [0.2, 0.25) is 0 Å². The van der Waals surface area contributed by atoms with E-state index in [0.717, 1.165) is 6.54 Å². The van der Waals surface area contributed by atoms with E-state index in [1.54, 1.807) is 0 Å². The fraction of sp³-hybridized carbons (Fsp3) is 0.867. The van der Waals surface area contributed by atoms with Crippen molar-refractivity contribution in [3.05, 3.63) is 11.1 Å². The molecule has 1 rings (SSSR count). The van der Waals surface area contributed by atoms with Gasteiger partial charge in [0.05, 0.1) is 11.1 Å². The first-order valence-electron chi connectivity index (χ1n) is 7.89. The third kappa shape index (κ3) is 7.63. The van der Waals surface area contributed by atoms with Crippen LogP contribution in [-0.2, 0) is 0 Å². The van der Waals surface area contributed by atoms with Crippen LogP contribution in [-0.4, -0.2) is 16.1 Å². The fourth-order valence-corrected chi connectivity index (χ4v) is 2.91. The van der Waals surface area contributed by atoms with E-state index in [-0.39, 0.29) is 0 Å². The molecule has 19 heavy (non-hydrogen) atoms. The molecule has 3 nitrogen and oxygen atoms in total. The van der Waals surface area contributed by atoms with Gasteiger partial charge < -0.3 is 5.32 Å². The maximum Gasteiger partial charge on any atom is 0.0669 e. The molecule has 0 saturated carbocycles. The number of rotatable bonds is 12. The first kappa shape index (κ1) is 16.6. The van der Waals surface area contributed by atoms with E-state index in [1.807, 2.05) is 6.20 Å². The van der Waals surface area contributed by atoms with Crippen LogP contribution in [0.5, 0.6) is 0 Å². The van der Waals surface area contributed by atoms with Crippen molar-refractivity contribution in [2.75, 3.05) is 6.54 Å². The van der Waals surface area contributed by atoms with Crippen LogP contribution >= 0.6 is 11.5 Å². The molecular formula is C15H29N3S. The zero-order valence-corrected chi connectivity index (χ0v) is 13.3. The average Bonchev–Trinajstić information content (AvgIpc) is 2.95. The highest BCUT2D eigenvalue weighted by atomic mass is 32.1. The van der Waals surface area contributed by atoms with Crippen LogP contribution in [0.4, 0.5) is 0 Å².